The fourth-order valence-electron chi connectivity index (χ4n) is 7.52. The van der Waals surface area contributed by atoms with Crippen LogP contribution in [0.2, 0.25) is 0 Å². The molecule has 6 atom stereocenters. The number of amides is 2. The predicted molar refractivity (Wildman–Crippen MR) is 176 cm³/mol. The lowest BCUT2D eigenvalue weighted by molar-refractivity contribution is -0.159. The summed E-state index contributed by atoms with van der Waals surface area (Å²) in [5, 5.41) is 42.5. The smallest absolute Gasteiger partial charge is 0.353 e. The summed E-state index contributed by atoms with van der Waals surface area (Å²) in [5.41, 5.74) is 5.38. The van der Waals surface area contributed by atoms with Crippen molar-refractivity contribution >= 4 is 41.5 Å². The van der Waals surface area contributed by atoms with Crippen molar-refractivity contribution in [3.05, 3.63) is 65.2 Å². The predicted octanol–water partition coefficient (Wildman–Crippen LogP) is 1.53. The van der Waals surface area contributed by atoms with Crippen LogP contribution in [0, 0.1) is 17.3 Å². The van der Waals surface area contributed by atoms with Gasteiger partial charge in [0.1, 0.15) is 17.7 Å². The van der Waals surface area contributed by atoms with Crippen molar-refractivity contribution < 1.29 is 49.1 Å². The van der Waals surface area contributed by atoms with Crippen LogP contribution in [-0.4, -0.2) is 83.6 Å². The van der Waals surface area contributed by atoms with E-state index in [-0.39, 0.29) is 23.1 Å². The topological polar surface area (TPSA) is 238 Å². The first kappa shape index (κ1) is 36.2. The number of nitrogens with zero attached hydrogens (tertiary/aromatic N) is 1. The van der Waals surface area contributed by atoms with Gasteiger partial charge in [0.2, 0.25) is 23.8 Å². The molecule has 1 aliphatic heterocycles. The van der Waals surface area contributed by atoms with Crippen LogP contribution in [0.5, 0.6) is 0 Å². The molecule has 0 unspecified atom stereocenters. The molecule has 5 rings (SSSR count). The van der Waals surface area contributed by atoms with Gasteiger partial charge in [-0.3, -0.25) is 25.1 Å². The number of aromatic nitrogens is 1. The van der Waals surface area contributed by atoms with E-state index in [4.69, 9.17) is 15.6 Å². The summed E-state index contributed by atoms with van der Waals surface area (Å²) in [7, 11) is 0. The lowest BCUT2D eigenvalue weighted by Gasteiger charge is -2.49. The quantitative estimate of drug-likeness (QED) is 0.0782. The molecule has 3 aliphatic carbocycles. The Hall–Kier alpha value is -4.05. The van der Waals surface area contributed by atoms with Crippen molar-refractivity contribution in [2.45, 2.75) is 87.5 Å². The summed E-state index contributed by atoms with van der Waals surface area (Å²) < 4.78 is 5.30. The number of thioether (sulfide) groups is 1. The number of pyridine rings is 1. The minimum atomic E-state index is -2.68. The molecular weight excluding hydrogens is 656 g/mol. The second-order valence-corrected chi connectivity index (χ2v) is 14.5. The van der Waals surface area contributed by atoms with Crippen molar-refractivity contribution in [1.82, 2.24) is 15.6 Å². The van der Waals surface area contributed by atoms with Gasteiger partial charge in [-0.05, 0) is 60.8 Å². The average molecular weight is 699 g/mol. The molecule has 8 N–H and O–H groups in total. The maximum Gasteiger partial charge on any atom is 0.353 e. The van der Waals surface area contributed by atoms with Gasteiger partial charge >= 0.3 is 17.9 Å². The fourth-order valence-corrected chi connectivity index (χ4v) is 9.31. The van der Waals surface area contributed by atoms with Crippen molar-refractivity contribution in [1.29, 1.82) is 0 Å². The number of aliphatic hydroxyl groups excluding tert-OH is 1. The number of allylic oxidation sites excluding steroid dienone is 2. The number of esters is 1. The molecule has 14 nitrogen and oxygen atoms in total. The number of carboxylic acids is 2. The van der Waals surface area contributed by atoms with E-state index in [1.165, 1.54) is 11.8 Å². The zero-order valence-corrected chi connectivity index (χ0v) is 27.9. The third-order valence-electron chi connectivity index (χ3n) is 10.2. The number of carbonyl (C=O) groups excluding carboxylic acids is 3. The number of carbonyl (C=O) groups is 5. The zero-order chi connectivity index (χ0) is 35.6. The zero-order valence-electron chi connectivity index (χ0n) is 27.1. The number of nitrogens with one attached hydrogen (secondary N) is 2. The first-order valence-corrected chi connectivity index (χ1v) is 17.3. The fraction of sp³-hybridized carbons (Fsp3) is 0.529. The summed E-state index contributed by atoms with van der Waals surface area (Å²) in [6.45, 7) is 2.08. The molecule has 1 saturated carbocycles. The van der Waals surface area contributed by atoms with Gasteiger partial charge in [0.15, 0.2) is 0 Å². The number of nitrogens with two attached hydrogens (primary N) is 1. The van der Waals surface area contributed by atoms with E-state index in [2.05, 4.69) is 29.4 Å². The van der Waals surface area contributed by atoms with E-state index < -0.39 is 65.3 Å². The Morgan fingerprint density at radius 2 is 1.86 bits per heavy atom. The molecule has 0 saturated heterocycles. The Morgan fingerprint density at radius 3 is 2.49 bits per heavy atom. The number of rotatable bonds is 15. The molecule has 2 amide bonds. The van der Waals surface area contributed by atoms with Crippen LogP contribution in [0.4, 0.5) is 0 Å². The van der Waals surface area contributed by atoms with Gasteiger partial charge in [0, 0.05) is 36.9 Å². The highest BCUT2D eigenvalue weighted by Gasteiger charge is 2.60. The van der Waals surface area contributed by atoms with Crippen LogP contribution in [-0.2, 0) is 35.1 Å². The van der Waals surface area contributed by atoms with E-state index in [1.54, 1.807) is 12.4 Å². The summed E-state index contributed by atoms with van der Waals surface area (Å²) >= 11 is 1.31. The monoisotopic (exact) mass is 698 g/mol. The van der Waals surface area contributed by atoms with E-state index in [1.807, 2.05) is 23.5 Å². The second-order valence-electron chi connectivity index (χ2n) is 13.2. The van der Waals surface area contributed by atoms with Crippen molar-refractivity contribution in [3.8, 4) is 0 Å². The Morgan fingerprint density at radius 1 is 1.16 bits per heavy atom. The molecule has 1 fully saturated rings. The van der Waals surface area contributed by atoms with Crippen LogP contribution < -0.4 is 16.4 Å². The van der Waals surface area contributed by atoms with Crippen molar-refractivity contribution in [2.24, 2.45) is 23.0 Å². The summed E-state index contributed by atoms with van der Waals surface area (Å²) in [6, 6.07) is 2.48. The number of hydrogen-bond acceptors (Lipinski definition) is 11. The highest BCUT2D eigenvalue weighted by molar-refractivity contribution is 8.01. The summed E-state index contributed by atoms with van der Waals surface area (Å²) in [4.78, 5) is 66.5. The molecule has 15 heteroatoms. The maximum atomic E-state index is 13.6. The highest BCUT2D eigenvalue weighted by Crippen LogP contribution is 2.64. The lowest BCUT2D eigenvalue weighted by atomic mass is 9.64. The van der Waals surface area contributed by atoms with Gasteiger partial charge in [-0.15, -0.1) is 11.8 Å². The Kier molecular flexibility index (Phi) is 10.7. The first-order chi connectivity index (χ1) is 23.2. The van der Waals surface area contributed by atoms with E-state index >= 15 is 0 Å². The van der Waals surface area contributed by atoms with Gasteiger partial charge in [0.05, 0.1) is 4.75 Å². The third kappa shape index (κ3) is 7.30. The number of aliphatic carboxylic acids is 2. The molecule has 264 valence electrons. The first-order valence-electron chi connectivity index (χ1n) is 16.3. The molecule has 0 spiro atoms. The molecule has 0 aromatic carbocycles. The maximum absolute atomic E-state index is 13.6. The van der Waals surface area contributed by atoms with Gasteiger partial charge in [-0.1, -0.05) is 43.6 Å². The number of ether oxygens (including phenoxy) is 1. The average Bonchev–Trinajstić information content (AvgIpc) is 3.70. The standard InChI is InChI=1S/C34H42N4O10S/c1-2-32(9-3-4-10-32)33(49-18-23(27(40)38-28(41)29(42)43)37-24(39)6-12-34(35,47)31(45)46)11-5-21-16-20(15-19-7-13-36-14-8-19)17-22-25(21)26(33)48-30(22)44/h5,7-8,11,13-14,17,21-23,28,41,47H,2-4,6,9-10,12,15-16,18,35H2,1H3,(H,37,39)(H,38,40)(H,42,43)(H,45,46)/t21-,22+,23+,28+,33-,34-/m1/s1. The highest BCUT2D eigenvalue weighted by atomic mass is 32.2. The number of aliphatic hydroxyl groups is 2. The Bertz CT molecular complexity index is 1590. The van der Waals surface area contributed by atoms with Crippen LogP contribution in [0.15, 0.2) is 59.7 Å². The third-order valence-corrected chi connectivity index (χ3v) is 11.9. The minimum absolute atomic E-state index is 0.0777. The number of hydrogen-bond donors (Lipinski definition) is 7. The van der Waals surface area contributed by atoms with E-state index in [9.17, 15) is 39.3 Å². The van der Waals surface area contributed by atoms with Gasteiger partial charge in [-0.25, -0.2) is 9.59 Å². The SMILES string of the molecule is CCC1([C@@]2(SC[C@H](NC(=O)CC[C@@](N)(O)C(=O)O)C(=O)N[C@@H](O)C(=O)O)C=C[C@@H]3CC(Cc4ccncc4)=C[C@@H]4C(=O)OC2=C43)CCCC1. The van der Waals surface area contributed by atoms with E-state index in [0.29, 0.717) is 18.6 Å². The van der Waals surface area contributed by atoms with Gasteiger partial charge < -0.3 is 35.8 Å². The van der Waals surface area contributed by atoms with Crippen LogP contribution in [0.25, 0.3) is 0 Å². The van der Waals surface area contributed by atoms with Crippen LogP contribution in [0.3, 0.4) is 0 Å². The van der Waals surface area contributed by atoms with Crippen molar-refractivity contribution in [3.63, 3.8) is 0 Å². The van der Waals surface area contributed by atoms with Crippen molar-refractivity contribution in [2.75, 3.05) is 5.75 Å². The van der Waals surface area contributed by atoms with Crippen LogP contribution >= 0.6 is 11.8 Å². The van der Waals surface area contributed by atoms with Gasteiger partial charge in [0.25, 0.3) is 0 Å². The van der Waals surface area contributed by atoms with Gasteiger partial charge in [-0.2, -0.15) is 0 Å². The normalized spacial score (nSPS) is 26.1. The summed E-state index contributed by atoms with van der Waals surface area (Å²) in [5.74, 6) is -5.88. The lowest BCUT2D eigenvalue weighted by Crippen LogP contribution is -2.54. The molecule has 0 radical (unpaired) electrons. The molecule has 4 aliphatic rings. The Balaban J connectivity index is 1.47. The largest absolute Gasteiger partial charge is 0.478 e. The molecule has 0 bridgehead atoms. The second kappa shape index (κ2) is 14.4. The molecule has 2 heterocycles. The molecule has 49 heavy (non-hydrogen) atoms. The molecule has 1 aromatic heterocycles. The Labute approximate surface area is 287 Å². The van der Waals surface area contributed by atoms with Crippen LogP contribution in [0.1, 0.15) is 63.9 Å². The minimum Gasteiger partial charge on any atom is -0.478 e. The number of carboxylic acid groups (broad SMARTS) is 2. The van der Waals surface area contributed by atoms with E-state index in [0.717, 1.165) is 48.8 Å². The summed E-state index contributed by atoms with van der Waals surface area (Å²) in [6.07, 6.45) is 11.8. The molecule has 1 aromatic rings. The molecular formula is C34H42N4O10S.